The molecule has 0 fully saturated rings. The Kier molecular flexibility index (Phi) is 6.62. The van der Waals surface area contributed by atoms with Gasteiger partial charge in [0.15, 0.2) is 12.3 Å². The van der Waals surface area contributed by atoms with Gasteiger partial charge >= 0.3 is 0 Å². The minimum Gasteiger partial charge on any atom is -0.872 e. The van der Waals surface area contributed by atoms with Crippen molar-refractivity contribution in [3.05, 3.63) is 69.8 Å². The van der Waals surface area contributed by atoms with Crippen LogP contribution < -0.4 is 10.2 Å². The zero-order valence-corrected chi connectivity index (χ0v) is 17.1. The van der Waals surface area contributed by atoms with E-state index >= 15 is 0 Å². The summed E-state index contributed by atoms with van der Waals surface area (Å²) in [5.74, 6) is -1.47. The number of non-ortho nitro benzene ring substituents is 1. The third kappa shape index (κ3) is 4.39. The summed E-state index contributed by atoms with van der Waals surface area (Å²) in [6, 6.07) is 11.3. The summed E-state index contributed by atoms with van der Waals surface area (Å²) in [4.78, 5) is 21.4. The minimum atomic E-state index is -1.15. The molecule has 3 rings (SSSR count). The average molecular weight is 434 g/mol. The largest absolute Gasteiger partial charge is 0.872 e. The van der Waals surface area contributed by atoms with E-state index in [9.17, 15) is 25.1 Å². The minimum absolute atomic E-state index is 0. The van der Waals surface area contributed by atoms with Crippen molar-refractivity contribution < 1.29 is 41.6 Å². The molecule has 29 heavy (non-hydrogen) atoms. The van der Waals surface area contributed by atoms with Gasteiger partial charge < -0.3 is 15.0 Å². The van der Waals surface area contributed by atoms with Crippen LogP contribution in [-0.2, 0) is 27.3 Å². The molecule has 8 heteroatoms. The third-order valence-electron chi connectivity index (χ3n) is 4.96. The SMILES string of the molecule is CC1(C)C(/C=C/c2cc([N+](=O)[O-])ccc2[O-])=[N+](CCC(=O)[O-])c2ccccc21.[Mn]. The van der Waals surface area contributed by atoms with Crippen LogP contribution in [0.25, 0.3) is 6.08 Å². The van der Waals surface area contributed by atoms with Crippen LogP contribution in [0.15, 0.2) is 48.5 Å². The first kappa shape index (κ1) is 22.3. The molecule has 0 saturated heterocycles. The van der Waals surface area contributed by atoms with Gasteiger partial charge in [-0.2, -0.15) is 4.58 Å². The van der Waals surface area contributed by atoms with Crippen molar-refractivity contribution >= 4 is 29.1 Å². The first-order valence-corrected chi connectivity index (χ1v) is 8.79. The van der Waals surface area contributed by atoms with E-state index in [4.69, 9.17) is 0 Å². The topological polar surface area (TPSA) is 109 Å². The van der Waals surface area contributed by atoms with Crippen molar-refractivity contribution in [3.63, 3.8) is 0 Å². The summed E-state index contributed by atoms with van der Waals surface area (Å²) >= 11 is 0. The molecule has 0 aliphatic carbocycles. The van der Waals surface area contributed by atoms with Gasteiger partial charge in [0.05, 0.1) is 10.3 Å². The molecular weight excluding hydrogens is 415 g/mol. The molecule has 1 aliphatic rings. The number of carbonyl (C=O) groups is 1. The van der Waals surface area contributed by atoms with Crippen LogP contribution in [0.5, 0.6) is 5.75 Å². The second kappa shape index (κ2) is 8.59. The fraction of sp³-hybridized carbons (Fsp3) is 0.238. The average Bonchev–Trinajstić information content (AvgIpc) is 2.86. The normalized spacial score (nSPS) is 14.6. The van der Waals surface area contributed by atoms with Crippen LogP contribution in [0.1, 0.15) is 31.4 Å². The van der Waals surface area contributed by atoms with Crippen molar-refractivity contribution in [3.8, 4) is 5.75 Å². The summed E-state index contributed by atoms with van der Waals surface area (Å²) in [6.45, 7) is 4.24. The number of carbonyl (C=O) groups excluding carboxylic acids is 1. The molecule has 1 heterocycles. The molecule has 7 nitrogen and oxygen atoms in total. The maximum Gasteiger partial charge on any atom is 0.269 e. The number of hydrogen-bond donors (Lipinski definition) is 0. The molecule has 0 aromatic heterocycles. The summed E-state index contributed by atoms with van der Waals surface area (Å²) in [7, 11) is 0. The molecule has 0 amide bonds. The van der Waals surface area contributed by atoms with Gasteiger partial charge in [0, 0.05) is 59.3 Å². The summed E-state index contributed by atoms with van der Waals surface area (Å²) in [5.41, 5.74) is 2.35. The monoisotopic (exact) mass is 434 g/mol. The van der Waals surface area contributed by atoms with Gasteiger partial charge in [0.1, 0.15) is 0 Å². The van der Waals surface area contributed by atoms with E-state index in [0.717, 1.165) is 17.0 Å². The number of aliphatic carboxylic acids is 1. The summed E-state index contributed by atoms with van der Waals surface area (Å²) < 4.78 is 1.89. The van der Waals surface area contributed by atoms with Gasteiger partial charge in [-0.15, -0.1) is 5.75 Å². The molecule has 2 aromatic carbocycles. The smallest absolute Gasteiger partial charge is 0.269 e. The number of benzene rings is 2. The number of carboxylic acids is 1. The second-order valence-corrected chi connectivity index (χ2v) is 7.11. The van der Waals surface area contributed by atoms with Crippen LogP contribution in [0.3, 0.4) is 0 Å². The Morgan fingerprint density at radius 1 is 1.17 bits per heavy atom. The predicted molar refractivity (Wildman–Crippen MR) is 100 cm³/mol. The van der Waals surface area contributed by atoms with Gasteiger partial charge in [0.2, 0.25) is 5.69 Å². The first-order valence-electron chi connectivity index (χ1n) is 8.79. The zero-order chi connectivity index (χ0) is 20.5. The van der Waals surface area contributed by atoms with E-state index in [2.05, 4.69) is 0 Å². The first-order chi connectivity index (χ1) is 13.2. The molecule has 0 N–H and O–H groups in total. The van der Waals surface area contributed by atoms with Crippen LogP contribution in [0, 0.1) is 10.1 Å². The number of rotatable bonds is 6. The maximum absolute atomic E-state index is 12.1. The number of fused-ring (bicyclic) bond motifs is 1. The fourth-order valence-corrected chi connectivity index (χ4v) is 3.53. The van der Waals surface area contributed by atoms with Crippen LogP contribution in [0.4, 0.5) is 11.4 Å². The van der Waals surface area contributed by atoms with Crippen molar-refractivity contribution in [1.29, 1.82) is 0 Å². The van der Waals surface area contributed by atoms with Crippen molar-refractivity contribution in [2.75, 3.05) is 6.54 Å². The van der Waals surface area contributed by atoms with Crippen molar-refractivity contribution in [2.45, 2.75) is 25.7 Å². The molecule has 0 unspecified atom stereocenters. The Bertz CT molecular complexity index is 1030. The van der Waals surface area contributed by atoms with Crippen LogP contribution in [0.2, 0.25) is 0 Å². The fourth-order valence-electron chi connectivity index (χ4n) is 3.53. The molecular formula is C21H19MnN2O5-. The van der Waals surface area contributed by atoms with Gasteiger partial charge in [-0.25, -0.2) is 0 Å². The Hall–Kier alpha value is -2.96. The Morgan fingerprint density at radius 2 is 1.86 bits per heavy atom. The molecule has 2 aromatic rings. The number of nitro benzene ring substituents is 1. The summed E-state index contributed by atoms with van der Waals surface area (Å²) in [5, 5.41) is 34.1. The van der Waals surface area contributed by atoms with Gasteiger partial charge in [-0.3, -0.25) is 10.1 Å². The second-order valence-electron chi connectivity index (χ2n) is 7.11. The Balaban J connectivity index is 0.00000300. The number of para-hydroxylation sites is 1. The Morgan fingerprint density at radius 3 is 2.52 bits per heavy atom. The standard InChI is InChI=1S/C21H20N2O5.Mn/c1-21(2)16-5-3-4-6-17(16)22(12-11-20(25)26)19(21)10-7-14-13-15(23(27)28)8-9-18(14)24;/h3-10,13H,11-12H2,1-2H3,(H,25,26);/p-1. The van der Waals surface area contributed by atoms with Gasteiger partial charge in [0.25, 0.3) is 5.69 Å². The van der Waals surface area contributed by atoms with Crippen molar-refractivity contribution in [2.24, 2.45) is 0 Å². The quantitative estimate of drug-likeness (QED) is 0.299. The molecule has 151 valence electrons. The number of nitrogens with zero attached hydrogens (tertiary/aromatic N) is 2. The predicted octanol–water partition coefficient (Wildman–Crippen LogP) is 1.90. The van der Waals surface area contributed by atoms with Crippen LogP contribution >= 0.6 is 0 Å². The van der Waals surface area contributed by atoms with Gasteiger partial charge in [-0.1, -0.05) is 24.3 Å². The van der Waals surface area contributed by atoms with Gasteiger partial charge in [-0.05, 0) is 25.5 Å². The Labute approximate surface area is 178 Å². The van der Waals surface area contributed by atoms with E-state index in [1.807, 2.05) is 42.7 Å². The zero-order valence-electron chi connectivity index (χ0n) is 15.9. The van der Waals surface area contributed by atoms with Crippen molar-refractivity contribution in [1.82, 2.24) is 0 Å². The van der Waals surface area contributed by atoms with E-state index < -0.39 is 16.3 Å². The molecule has 0 bridgehead atoms. The van der Waals surface area contributed by atoms with E-state index in [1.54, 1.807) is 12.2 Å². The number of carboxylic acid groups (broad SMARTS) is 1. The molecule has 1 aliphatic heterocycles. The summed E-state index contributed by atoms with van der Waals surface area (Å²) in [6.07, 6.45) is 3.13. The number of allylic oxidation sites excluding steroid dienone is 1. The number of hydrogen-bond acceptors (Lipinski definition) is 5. The van der Waals surface area contributed by atoms with E-state index in [0.29, 0.717) is 0 Å². The maximum atomic E-state index is 12.1. The van der Waals surface area contributed by atoms with E-state index in [-0.39, 0.29) is 47.0 Å². The third-order valence-corrected chi connectivity index (χ3v) is 4.96. The molecule has 0 saturated carbocycles. The molecule has 0 spiro atoms. The number of nitro groups is 1. The molecule has 0 atom stereocenters. The van der Waals surface area contributed by atoms with Crippen LogP contribution in [-0.4, -0.2) is 27.7 Å². The van der Waals surface area contributed by atoms with E-state index in [1.165, 1.54) is 18.2 Å². The molecule has 1 radical (unpaired) electrons.